The molecule has 0 aromatic carbocycles. The fraction of sp³-hybridized carbons (Fsp3) is 0.579. The summed E-state index contributed by atoms with van der Waals surface area (Å²) in [4.78, 5) is 45.8. The molecule has 2 aliphatic heterocycles. The van der Waals surface area contributed by atoms with Crippen molar-refractivity contribution in [3.63, 3.8) is 0 Å². The second-order valence-electron chi connectivity index (χ2n) is 7.78. The number of aryl methyl sites for hydroxylation is 1. The number of carbonyl (C=O) groups is 2. The molecule has 8 nitrogen and oxygen atoms in total. The second kappa shape index (κ2) is 6.51. The number of amides is 2. The van der Waals surface area contributed by atoms with Crippen molar-refractivity contribution in [3.8, 4) is 0 Å². The Bertz CT molecular complexity index is 960. The zero-order valence-electron chi connectivity index (χ0n) is 15.8. The minimum atomic E-state index is -0.440. The van der Waals surface area contributed by atoms with Gasteiger partial charge >= 0.3 is 0 Å². The van der Waals surface area contributed by atoms with Crippen molar-refractivity contribution in [2.24, 2.45) is 5.41 Å². The highest BCUT2D eigenvalue weighted by Crippen LogP contribution is 2.40. The Balaban J connectivity index is 1.58. The minimum Gasteiger partial charge on any atom is -0.342 e. The summed E-state index contributed by atoms with van der Waals surface area (Å²) in [5, 5.41) is 5.70. The molecule has 0 bridgehead atoms. The summed E-state index contributed by atoms with van der Waals surface area (Å²) in [6.45, 7) is 6.49. The first-order valence-corrected chi connectivity index (χ1v) is 9.62. The third kappa shape index (κ3) is 2.83. The molecular formula is C19H25N5O3. The second-order valence-corrected chi connectivity index (χ2v) is 7.78. The van der Waals surface area contributed by atoms with Crippen molar-refractivity contribution in [2.75, 3.05) is 26.2 Å². The van der Waals surface area contributed by atoms with Crippen LogP contribution in [0.15, 0.2) is 10.9 Å². The van der Waals surface area contributed by atoms with Crippen LogP contribution in [0.25, 0.3) is 11.0 Å². The predicted molar refractivity (Wildman–Crippen MR) is 101 cm³/mol. The Labute approximate surface area is 156 Å². The summed E-state index contributed by atoms with van der Waals surface area (Å²) in [6, 6.07) is 1.66. The number of likely N-dealkylation sites (tertiary alicyclic amines) is 2. The van der Waals surface area contributed by atoms with Crippen molar-refractivity contribution < 1.29 is 9.59 Å². The first-order chi connectivity index (χ1) is 12.9. The quantitative estimate of drug-likeness (QED) is 0.852. The number of H-pyrrole nitrogens is 2. The van der Waals surface area contributed by atoms with Crippen molar-refractivity contribution in [3.05, 3.63) is 27.7 Å². The van der Waals surface area contributed by atoms with Gasteiger partial charge in [-0.25, -0.2) is 4.98 Å². The molecular weight excluding hydrogens is 346 g/mol. The van der Waals surface area contributed by atoms with Crippen molar-refractivity contribution in [2.45, 2.75) is 39.5 Å². The molecule has 2 aromatic rings. The van der Waals surface area contributed by atoms with Gasteiger partial charge in [0, 0.05) is 26.2 Å². The van der Waals surface area contributed by atoms with E-state index >= 15 is 0 Å². The van der Waals surface area contributed by atoms with E-state index in [-0.39, 0.29) is 17.4 Å². The van der Waals surface area contributed by atoms with E-state index in [1.54, 1.807) is 17.9 Å². The lowest BCUT2D eigenvalue weighted by atomic mass is 9.78. The Morgan fingerprint density at radius 1 is 1.26 bits per heavy atom. The number of nitrogens with one attached hydrogen (secondary N) is 2. The van der Waals surface area contributed by atoms with Crippen LogP contribution in [0.1, 0.15) is 48.7 Å². The van der Waals surface area contributed by atoms with Gasteiger partial charge in [0.05, 0.1) is 10.8 Å². The third-order valence-electron chi connectivity index (χ3n) is 5.92. The number of piperidine rings is 1. The van der Waals surface area contributed by atoms with E-state index in [1.165, 1.54) is 0 Å². The van der Waals surface area contributed by atoms with Crippen LogP contribution >= 0.6 is 0 Å². The molecule has 2 N–H and O–H groups in total. The number of pyridine rings is 1. The molecule has 1 unspecified atom stereocenters. The lowest BCUT2D eigenvalue weighted by molar-refractivity contribution is -0.145. The van der Waals surface area contributed by atoms with Crippen LogP contribution in [-0.4, -0.2) is 63.0 Å². The fourth-order valence-electron chi connectivity index (χ4n) is 4.56. The van der Waals surface area contributed by atoms with Crippen LogP contribution in [0.5, 0.6) is 0 Å². The van der Waals surface area contributed by atoms with Crippen LogP contribution in [0.3, 0.4) is 0 Å². The molecule has 2 aromatic heterocycles. The van der Waals surface area contributed by atoms with Gasteiger partial charge in [0.25, 0.3) is 11.5 Å². The Kier molecular flexibility index (Phi) is 4.28. The van der Waals surface area contributed by atoms with Crippen LogP contribution < -0.4 is 5.56 Å². The van der Waals surface area contributed by atoms with E-state index in [0.29, 0.717) is 41.8 Å². The van der Waals surface area contributed by atoms with Gasteiger partial charge in [0.15, 0.2) is 5.65 Å². The van der Waals surface area contributed by atoms with Gasteiger partial charge in [-0.15, -0.1) is 0 Å². The average Bonchev–Trinajstić information content (AvgIpc) is 3.24. The summed E-state index contributed by atoms with van der Waals surface area (Å²) in [6.07, 6.45) is 3.48. The number of aromatic amines is 2. The monoisotopic (exact) mass is 371 g/mol. The third-order valence-corrected chi connectivity index (χ3v) is 5.92. The highest BCUT2D eigenvalue weighted by atomic mass is 16.2. The molecule has 4 heterocycles. The van der Waals surface area contributed by atoms with Crippen LogP contribution in [0.4, 0.5) is 0 Å². The van der Waals surface area contributed by atoms with Crippen molar-refractivity contribution >= 4 is 22.8 Å². The number of fused-ring (bicyclic) bond motifs is 1. The van der Waals surface area contributed by atoms with E-state index < -0.39 is 5.41 Å². The lowest BCUT2D eigenvalue weighted by Gasteiger charge is -2.39. The Morgan fingerprint density at radius 3 is 2.85 bits per heavy atom. The van der Waals surface area contributed by atoms with Crippen LogP contribution in [-0.2, 0) is 4.79 Å². The van der Waals surface area contributed by atoms with Gasteiger partial charge in [-0.2, -0.15) is 0 Å². The molecule has 0 aliphatic carbocycles. The average molecular weight is 371 g/mol. The topological polar surface area (TPSA) is 102 Å². The number of carbonyl (C=O) groups excluding carboxylic acids is 2. The van der Waals surface area contributed by atoms with Crippen molar-refractivity contribution in [1.29, 1.82) is 0 Å². The molecule has 2 saturated heterocycles. The van der Waals surface area contributed by atoms with Crippen LogP contribution in [0.2, 0.25) is 0 Å². The van der Waals surface area contributed by atoms with E-state index in [1.807, 2.05) is 4.90 Å². The number of aromatic nitrogens is 3. The molecule has 0 radical (unpaired) electrons. The molecule has 4 rings (SSSR count). The molecule has 144 valence electrons. The van der Waals surface area contributed by atoms with E-state index in [2.05, 4.69) is 22.1 Å². The molecule has 1 atom stereocenters. The standard InChI is InChI=1S/C19H25N5O3/c1-3-7-23-8-4-5-19(18(23)27)6-9-24(11-19)17(26)13-10-12(2)14-15(20-13)21-22-16(14)25/h10H,3-9,11H2,1-2H3,(H2,20,21,22,25). The SMILES string of the molecule is CCCN1CCCC2(CCN(C(=O)c3cc(C)c4c(=O)[nH][nH]c4n3)C2)C1=O. The number of nitrogens with zero attached hydrogens (tertiary/aromatic N) is 3. The largest absolute Gasteiger partial charge is 0.342 e. The van der Waals surface area contributed by atoms with E-state index in [0.717, 1.165) is 32.4 Å². The van der Waals surface area contributed by atoms with E-state index in [4.69, 9.17) is 0 Å². The summed E-state index contributed by atoms with van der Waals surface area (Å²) >= 11 is 0. The molecule has 2 aliphatic rings. The molecule has 8 heteroatoms. The van der Waals surface area contributed by atoms with Gasteiger partial charge in [-0.1, -0.05) is 6.92 Å². The smallest absolute Gasteiger partial charge is 0.273 e. The maximum absolute atomic E-state index is 13.0. The predicted octanol–water partition coefficient (Wildman–Crippen LogP) is 1.42. The van der Waals surface area contributed by atoms with E-state index in [9.17, 15) is 14.4 Å². The summed E-state index contributed by atoms with van der Waals surface area (Å²) < 4.78 is 0. The molecule has 27 heavy (non-hydrogen) atoms. The van der Waals surface area contributed by atoms with Gasteiger partial charge in [0.1, 0.15) is 5.69 Å². The zero-order valence-corrected chi connectivity index (χ0v) is 15.8. The lowest BCUT2D eigenvalue weighted by Crippen LogP contribution is -2.50. The summed E-state index contributed by atoms with van der Waals surface area (Å²) in [5.74, 6) is 0.0137. The van der Waals surface area contributed by atoms with Gasteiger partial charge < -0.3 is 9.80 Å². The minimum absolute atomic E-state index is 0.181. The van der Waals surface area contributed by atoms with Gasteiger partial charge in [0.2, 0.25) is 5.91 Å². The maximum Gasteiger partial charge on any atom is 0.273 e. The Hall–Kier alpha value is -2.64. The zero-order chi connectivity index (χ0) is 19.2. The molecule has 1 spiro atoms. The number of hydrogen-bond acceptors (Lipinski definition) is 4. The normalized spacial score (nSPS) is 23.0. The first kappa shape index (κ1) is 17.8. The summed E-state index contributed by atoms with van der Waals surface area (Å²) in [7, 11) is 0. The first-order valence-electron chi connectivity index (χ1n) is 9.62. The number of hydrogen-bond donors (Lipinski definition) is 2. The molecule has 2 fully saturated rings. The van der Waals surface area contributed by atoms with Crippen LogP contribution in [0, 0.1) is 12.3 Å². The fourth-order valence-corrected chi connectivity index (χ4v) is 4.56. The van der Waals surface area contributed by atoms with Gasteiger partial charge in [-0.05, 0) is 44.2 Å². The summed E-state index contributed by atoms with van der Waals surface area (Å²) in [5.41, 5.74) is 0.728. The molecule has 2 amide bonds. The Morgan fingerprint density at radius 2 is 2.07 bits per heavy atom. The van der Waals surface area contributed by atoms with Crippen molar-refractivity contribution in [1.82, 2.24) is 25.0 Å². The van der Waals surface area contributed by atoms with Gasteiger partial charge in [-0.3, -0.25) is 24.6 Å². The molecule has 0 saturated carbocycles. The maximum atomic E-state index is 13.0. The number of rotatable bonds is 3. The highest BCUT2D eigenvalue weighted by molar-refractivity contribution is 5.96. The highest BCUT2D eigenvalue weighted by Gasteiger charge is 2.49.